The average Bonchev–Trinajstić information content (AvgIpc) is 3.49. The molecule has 6 rings (SSSR count). The summed E-state index contributed by atoms with van der Waals surface area (Å²) in [6.45, 7) is 5.79. The van der Waals surface area contributed by atoms with E-state index in [9.17, 15) is 22.8 Å². The molecule has 0 saturated heterocycles. The molecule has 5 aromatic rings. The summed E-state index contributed by atoms with van der Waals surface area (Å²) in [5.74, 6) is -1.43. The molecule has 1 aliphatic carbocycles. The summed E-state index contributed by atoms with van der Waals surface area (Å²) in [5, 5.41) is 4.51. The van der Waals surface area contributed by atoms with Gasteiger partial charge in [-0.05, 0) is 95.3 Å². The number of ketones is 1. The number of anilines is 2. The molecular formula is C38H35Cl2N3O6S2. The van der Waals surface area contributed by atoms with Crippen molar-refractivity contribution in [1.29, 1.82) is 0 Å². The number of pyridine rings is 1. The van der Waals surface area contributed by atoms with Gasteiger partial charge in [0.25, 0.3) is 11.8 Å². The van der Waals surface area contributed by atoms with E-state index in [1.807, 2.05) is 39.0 Å². The van der Waals surface area contributed by atoms with Gasteiger partial charge in [0.15, 0.2) is 11.5 Å². The first kappa shape index (κ1) is 36.5. The number of fused-ring (bicyclic) bond motifs is 1. The molecule has 9 nitrogen and oxygen atoms in total. The van der Waals surface area contributed by atoms with Gasteiger partial charge in [-0.15, -0.1) is 11.3 Å². The van der Waals surface area contributed by atoms with Crippen LogP contribution in [0.5, 0.6) is 5.75 Å². The molecule has 1 fully saturated rings. The number of Topliss-reactive ketones (excluding diaryl/α,β-unsaturated/α-hetero) is 1. The van der Waals surface area contributed by atoms with E-state index in [0.29, 0.717) is 25.3 Å². The van der Waals surface area contributed by atoms with Gasteiger partial charge >= 0.3 is 0 Å². The van der Waals surface area contributed by atoms with Crippen LogP contribution in [0, 0.1) is 5.92 Å². The average molecular weight is 765 g/mol. The van der Waals surface area contributed by atoms with Crippen molar-refractivity contribution in [2.75, 3.05) is 23.0 Å². The molecule has 0 bridgehead atoms. The number of methoxy groups -OCH3 is 1. The van der Waals surface area contributed by atoms with Gasteiger partial charge in [-0.2, -0.15) is 4.31 Å². The van der Waals surface area contributed by atoms with Crippen LogP contribution in [0.1, 0.15) is 81.0 Å². The number of amides is 2. The zero-order chi connectivity index (χ0) is 36.8. The summed E-state index contributed by atoms with van der Waals surface area (Å²) in [6, 6.07) is 20.7. The molecule has 0 radical (unpaired) electrons. The highest BCUT2D eigenvalue weighted by Gasteiger charge is 2.39. The molecule has 0 aliphatic heterocycles. The van der Waals surface area contributed by atoms with Gasteiger partial charge in [0, 0.05) is 27.4 Å². The molecule has 2 unspecified atom stereocenters. The van der Waals surface area contributed by atoms with Crippen LogP contribution in [0.4, 0.5) is 11.4 Å². The number of thiophene rings is 1. The first-order chi connectivity index (χ1) is 24.1. The Labute approximate surface area is 310 Å². The third-order valence-corrected chi connectivity index (χ3v) is 11.7. The van der Waals surface area contributed by atoms with E-state index >= 15 is 0 Å². The molecule has 1 N–H and O–H groups in total. The number of carbonyl (C=O) groups excluding carboxylic acids is 3. The van der Waals surface area contributed by atoms with Gasteiger partial charge in [0.2, 0.25) is 10.0 Å². The number of hydrogen-bond acceptors (Lipinski definition) is 8. The standard InChI is InChI=1S/C38H35Cl2N3O6S2/c1-38(2,3)24-18-29(34(49-4)30(19-24)43(51(5,47)48)37(46)23-11-16-32(40)41-20-23)42-36(45)31-17-22-7-6-8-28(35(22)50-31)26-14-15-27(26)33(44)21-9-12-25(39)13-10-21/h6-13,16-20,26-27H,14-15H2,1-5H3,(H,42,45). The van der Waals surface area contributed by atoms with Gasteiger partial charge in [0.05, 0.1) is 29.5 Å². The molecule has 2 atom stereocenters. The molecule has 2 aromatic heterocycles. The number of ether oxygens (including phenoxy) is 1. The third kappa shape index (κ3) is 7.39. The van der Waals surface area contributed by atoms with Crippen LogP contribution in [-0.2, 0) is 15.4 Å². The first-order valence-electron chi connectivity index (χ1n) is 16.1. The summed E-state index contributed by atoms with van der Waals surface area (Å²) in [5.41, 5.74) is 1.87. The maximum atomic E-state index is 14.0. The van der Waals surface area contributed by atoms with Crippen LogP contribution in [-0.4, -0.2) is 44.4 Å². The summed E-state index contributed by atoms with van der Waals surface area (Å²) >= 11 is 13.3. The van der Waals surface area contributed by atoms with Crippen molar-refractivity contribution in [2.45, 2.75) is 44.9 Å². The summed E-state index contributed by atoms with van der Waals surface area (Å²) in [6.07, 6.45) is 3.74. The van der Waals surface area contributed by atoms with E-state index in [-0.39, 0.29) is 45.5 Å². The van der Waals surface area contributed by atoms with Crippen molar-refractivity contribution >= 4 is 83.6 Å². The van der Waals surface area contributed by atoms with Gasteiger partial charge in [0.1, 0.15) is 10.8 Å². The molecule has 13 heteroatoms. The van der Waals surface area contributed by atoms with Crippen LogP contribution < -0.4 is 14.4 Å². The molecule has 2 heterocycles. The highest BCUT2D eigenvalue weighted by Crippen LogP contribution is 2.48. The monoisotopic (exact) mass is 763 g/mol. The van der Waals surface area contributed by atoms with E-state index in [2.05, 4.69) is 10.3 Å². The molecule has 1 aliphatic rings. The Morgan fingerprint density at radius 2 is 1.67 bits per heavy atom. The lowest BCUT2D eigenvalue weighted by atomic mass is 9.67. The van der Waals surface area contributed by atoms with Crippen LogP contribution in [0.3, 0.4) is 0 Å². The van der Waals surface area contributed by atoms with Crippen molar-refractivity contribution in [3.05, 3.63) is 116 Å². The van der Waals surface area contributed by atoms with Crippen LogP contribution in [0.2, 0.25) is 10.2 Å². The van der Waals surface area contributed by atoms with E-state index in [1.165, 1.54) is 36.8 Å². The largest absolute Gasteiger partial charge is 0.492 e. The minimum absolute atomic E-state index is 0.00733. The maximum Gasteiger partial charge on any atom is 0.273 e. The fourth-order valence-corrected chi connectivity index (χ4v) is 8.52. The number of carbonyl (C=O) groups is 3. The molecule has 3 aromatic carbocycles. The topological polar surface area (TPSA) is 123 Å². The quantitative estimate of drug-likeness (QED) is 0.117. The van der Waals surface area contributed by atoms with Crippen molar-refractivity contribution in [2.24, 2.45) is 5.92 Å². The number of nitrogens with one attached hydrogen (secondary N) is 1. The van der Waals surface area contributed by atoms with Crippen LogP contribution in [0.15, 0.2) is 79.0 Å². The minimum Gasteiger partial charge on any atom is -0.492 e. The van der Waals surface area contributed by atoms with E-state index < -0.39 is 27.3 Å². The Hall–Kier alpha value is -4.29. The maximum absolute atomic E-state index is 14.0. The van der Waals surface area contributed by atoms with Crippen LogP contribution in [0.25, 0.3) is 10.1 Å². The summed E-state index contributed by atoms with van der Waals surface area (Å²) < 4.78 is 33.8. The number of sulfonamides is 1. The number of hydrogen-bond donors (Lipinski definition) is 1. The zero-order valence-corrected chi connectivity index (χ0v) is 31.6. The van der Waals surface area contributed by atoms with Gasteiger partial charge in [-0.1, -0.05) is 62.2 Å². The number of nitrogens with zero attached hydrogens (tertiary/aromatic N) is 2. The number of halogens is 2. The van der Waals surface area contributed by atoms with Crippen molar-refractivity contribution in [3.63, 3.8) is 0 Å². The predicted molar refractivity (Wildman–Crippen MR) is 204 cm³/mol. The summed E-state index contributed by atoms with van der Waals surface area (Å²) in [4.78, 5) is 45.5. The van der Waals surface area contributed by atoms with Crippen molar-refractivity contribution in [1.82, 2.24) is 4.98 Å². The Morgan fingerprint density at radius 3 is 2.25 bits per heavy atom. The molecule has 264 valence electrons. The molecule has 51 heavy (non-hydrogen) atoms. The Bertz CT molecular complexity index is 2280. The van der Waals surface area contributed by atoms with E-state index in [4.69, 9.17) is 27.9 Å². The normalized spacial score (nSPS) is 16.0. The predicted octanol–water partition coefficient (Wildman–Crippen LogP) is 9.14. The zero-order valence-electron chi connectivity index (χ0n) is 28.5. The second-order valence-corrected chi connectivity index (χ2v) is 17.2. The van der Waals surface area contributed by atoms with E-state index in [1.54, 1.807) is 42.5 Å². The minimum atomic E-state index is -4.22. The SMILES string of the molecule is COc1c(NC(=O)c2cc3cccc(C4CCC4C(=O)c4ccc(Cl)cc4)c3s2)cc(C(C)(C)C)cc1N(C(=O)c1ccc(Cl)nc1)S(C)(=O)=O. The fourth-order valence-electron chi connectivity index (χ4n) is 6.25. The molecule has 2 amide bonds. The van der Waals surface area contributed by atoms with Crippen molar-refractivity contribution < 1.29 is 27.5 Å². The highest BCUT2D eigenvalue weighted by molar-refractivity contribution is 7.92. The number of rotatable bonds is 9. The number of benzene rings is 3. The Balaban J connectivity index is 1.37. The van der Waals surface area contributed by atoms with Gasteiger partial charge in [-0.3, -0.25) is 14.4 Å². The highest BCUT2D eigenvalue weighted by atomic mass is 35.5. The Kier molecular flexibility index (Phi) is 10.0. The number of aromatic nitrogens is 1. The smallest absolute Gasteiger partial charge is 0.273 e. The second kappa shape index (κ2) is 14.0. The van der Waals surface area contributed by atoms with Crippen LogP contribution >= 0.6 is 34.5 Å². The molecule has 0 spiro atoms. The molecular weight excluding hydrogens is 729 g/mol. The lowest BCUT2D eigenvalue weighted by molar-refractivity contribution is 0.0819. The lowest BCUT2D eigenvalue weighted by Gasteiger charge is -2.36. The third-order valence-electron chi connectivity index (χ3n) is 9.03. The molecule has 1 saturated carbocycles. The fraction of sp³-hybridized carbons (Fsp3) is 0.263. The Morgan fingerprint density at radius 1 is 0.961 bits per heavy atom. The first-order valence-corrected chi connectivity index (χ1v) is 19.5. The van der Waals surface area contributed by atoms with E-state index in [0.717, 1.165) is 34.7 Å². The summed E-state index contributed by atoms with van der Waals surface area (Å²) in [7, 11) is -2.88. The van der Waals surface area contributed by atoms with Gasteiger partial charge in [-0.25, -0.2) is 13.4 Å². The van der Waals surface area contributed by atoms with Gasteiger partial charge < -0.3 is 10.1 Å². The second-order valence-electron chi connectivity index (χ2n) is 13.5. The van der Waals surface area contributed by atoms with Crippen molar-refractivity contribution in [3.8, 4) is 5.75 Å². The lowest BCUT2D eigenvalue weighted by Crippen LogP contribution is -2.37.